The Balaban J connectivity index is 1.63. The molecule has 4 rings (SSSR count). The van der Waals surface area contributed by atoms with Crippen molar-refractivity contribution in [2.75, 3.05) is 17.7 Å². The van der Waals surface area contributed by atoms with Gasteiger partial charge in [0.05, 0.1) is 12.0 Å². The van der Waals surface area contributed by atoms with E-state index >= 15 is 0 Å². The summed E-state index contributed by atoms with van der Waals surface area (Å²) in [5, 5.41) is 2.59. The molecule has 0 aliphatic carbocycles. The average molecular weight is 526 g/mol. The molecule has 3 aromatic rings. The number of hydrogen-bond donors (Lipinski definition) is 2. The first-order chi connectivity index (χ1) is 18.0. The lowest BCUT2D eigenvalue weighted by molar-refractivity contribution is -0.156. The Morgan fingerprint density at radius 3 is 2.61 bits per heavy atom. The van der Waals surface area contributed by atoms with Gasteiger partial charge in [0.1, 0.15) is 23.5 Å². The minimum atomic E-state index is -1.16. The van der Waals surface area contributed by atoms with E-state index in [2.05, 4.69) is 15.3 Å². The lowest BCUT2D eigenvalue weighted by Crippen LogP contribution is -2.70. The molecule has 12 heteroatoms. The van der Waals surface area contributed by atoms with Crippen LogP contribution in [0.25, 0.3) is 0 Å². The molecule has 0 saturated carbocycles. The van der Waals surface area contributed by atoms with Crippen LogP contribution in [-0.4, -0.2) is 50.4 Å². The zero-order valence-electron chi connectivity index (χ0n) is 21.5. The lowest BCUT2D eigenvalue weighted by Gasteiger charge is -2.45. The van der Waals surface area contributed by atoms with Gasteiger partial charge >= 0.3 is 6.03 Å². The van der Waals surface area contributed by atoms with Crippen molar-refractivity contribution in [3.05, 3.63) is 71.2 Å². The van der Waals surface area contributed by atoms with Gasteiger partial charge in [0.25, 0.3) is 5.91 Å². The third kappa shape index (κ3) is 5.06. The van der Waals surface area contributed by atoms with Gasteiger partial charge in [-0.3, -0.25) is 19.4 Å². The summed E-state index contributed by atoms with van der Waals surface area (Å²) in [5.74, 6) is -2.71. The first-order valence-electron chi connectivity index (χ1n) is 12.1. The Bertz CT molecular complexity index is 1370. The van der Waals surface area contributed by atoms with E-state index in [1.54, 1.807) is 43.8 Å². The highest BCUT2D eigenvalue weighted by atomic mass is 19.1. The number of imidazole rings is 1. The maximum Gasteiger partial charge on any atom is 0.325 e. The van der Waals surface area contributed by atoms with Crippen molar-refractivity contribution < 1.29 is 23.2 Å². The fraction of sp³-hybridized carbons (Fsp3) is 0.346. The van der Waals surface area contributed by atoms with Crippen LogP contribution in [0.2, 0.25) is 0 Å². The van der Waals surface area contributed by atoms with Gasteiger partial charge in [0, 0.05) is 37.7 Å². The van der Waals surface area contributed by atoms with Gasteiger partial charge < -0.3 is 15.6 Å². The number of nitrogen functional groups attached to an aromatic ring is 1. The Morgan fingerprint density at radius 1 is 1.24 bits per heavy atom. The fourth-order valence-corrected chi connectivity index (χ4v) is 4.77. The topological polar surface area (TPSA) is 126 Å². The summed E-state index contributed by atoms with van der Waals surface area (Å²) in [6.07, 6.45) is 3.56. The van der Waals surface area contributed by atoms with Crippen molar-refractivity contribution in [3.8, 4) is 0 Å². The number of halogens is 2. The van der Waals surface area contributed by atoms with Gasteiger partial charge in [0.2, 0.25) is 11.9 Å². The first-order valence-corrected chi connectivity index (χ1v) is 12.1. The molecule has 4 amide bonds. The van der Waals surface area contributed by atoms with E-state index in [0.717, 1.165) is 23.1 Å². The number of β-lactam (4-membered cyclic amide) rings is 1. The molecule has 0 radical (unpaired) electrons. The summed E-state index contributed by atoms with van der Waals surface area (Å²) in [6, 6.07) is 3.37. The van der Waals surface area contributed by atoms with Crippen LogP contribution in [-0.2, 0) is 23.1 Å². The number of carbonyl (C=O) groups is 3. The number of carbonyl (C=O) groups excluding carboxylic acids is 3. The number of aryl methyl sites for hydroxylation is 2. The van der Waals surface area contributed by atoms with Crippen LogP contribution in [0.3, 0.4) is 0 Å². The third-order valence-corrected chi connectivity index (χ3v) is 6.64. The van der Waals surface area contributed by atoms with Crippen LogP contribution in [0.4, 0.5) is 25.3 Å². The zero-order valence-corrected chi connectivity index (χ0v) is 21.5. The van der Waals surface area contributed by atoms with E-state index in [1.165, 1.54) is 18.1 Å². The minimum Gasteiger partial charge on any atom is -0.384 e. The average Bonchev–Trinajstić information content (AvgIpc) is 3.29. The second-order valence-corrected chi connectivity index (χ2v) is 9.32. The minimum absolute atomic E-state index is 0.0545. The molecule has 0 bridgehead atoms. The van der Waals surface area contributed by atoms with Gasteiger partial charge in [0.15, 0.2) is 0 Å². The number of imide groups is 1. The van der Waals surface area contributed by atoms with Crippen molar-refractivity contribution >= 4 is 29.6 Å². The third-order valence-electron chi connectivity index (χ3n) is 6.64. The summed E-state index contributed by atoms with van der Waals surface area (Å²) in [5.41, 5.74) is 7.15. The van der Waals surface area contributed by atoms with Gasteiger partial charge in [-0.15, -0.1) is 0 Å². The molecule has 2 aromatic heterocycles. The molecule has 1 aliphatic heterocycles. The molecule has 10 nitrogen and oxygen atoms in total. The van der Waals surface area contributed by atoms with Crippen LogP contribution in [0.5, 0.6) is 0 Å². The van der Waals surface area contributed by atoms with Crippen LogP contribution in [0.15, 0.2) is 42.7 Å². The molecular weight excluding hydrogens is 496 g/mol. The zero-order chi connectivity index (χ0) is 27.7. The first kappa shape index (κ1) is 26.7. The van der Waals surface area contributed by atoms with Gasteiger partial charge in [-0.1, -0.05) is 6.92 Å². The van der Waals surface area contributed by atoms with E-state index in [0.29, 0.717) is 17.2 Å². The molecule has 3 heterocycles. The highest BCUT2D eigenvalue weighted by molar-refractivity contribution is 6.12. The van der Waals surface area contributed by atoms with E-state index in [9.17, 15) is 23.2 Å². The lowest BCUT2D eigenvalue weighted by atomic mass is 9.81. The summed E-state index contributed by atoms with van der Waals surface area (Å²) in [4.78, 5) is 50.7. The molecule has 1 fully saturated rings. The monoisotopic (exact) mass is 525 g/mol. The normalized spacial score (nSPS) is 17.6. The Hall–Kier alpha value is -4.35. The number of likely N-dealkylation sites (tertiary alicyclic amines) is 1. The molecule has 1 saturated heterocycles. The van der Waals surface area contributed by atoms with Crippen molar-refractivity contribution in [2.24, 2.45) is 13.0 Å². The van der Waals surface area contributed by atoms with E-state index < -0.39 is 47.5 Å². The number of likely N-dealkylation sites (N-methyl/N-ethyl adjacent to an activating group) is 1. The maximum atomic E-state index is 14.4. The van der Waals surface area contributed by atoms with E-state index in [1.807, 2.05) is 0 Å². The predicted octanol–water partition coefficient (Wildman–Crippen LogP) is 2.88. The van der Waals surface area contributed by atoms with Crippen LogP contribution in [0, 0.1) is 24.5 Å². The summed E-state index contributed by atoms with van der Waals surface area (Å²) in [6.45, 7) is 3.44. The van der Waals surface area contributed by atoms with Crippen molar-refractivity contribution in [1.82, 2.24) is 24.8 Å². The van der Waals surface area contributed by atoms with Crippen molar-refractivity contribution in [3.63, 3.8) is 0 Å². The second kappa shape index (κ2) is 10.6. The van der Waals surface area contributed by atoms with Crippen molar-refractivity contribution in [2.45, 2.75) is 38.8 Å². The number of nitrogens with zero attached hydrogens (tertiary/aromatic N) is 5. The molecule has 3 N–H and O–H groups in total. The van der Waals surface area contributed by atoms with Crippen molar-refractivity contribution in [1.29, 1.82) is 0 Å². The fourth-order valence-electron chi connectivity index (χ4n) is 4.77. The van der Waals surface area contributed by atoms with Gasteiger partial charge in [-0.25, -0.2) is 23.5 Å². The number of hydrogen-bond acceptors (Lipinski definition) is 6. The number of pyridine rings is 1. The quantitative estimate of drug-likeness (QED) is 0.457. The summed E-state index contributed by atoms with van der Waals surface area (Å²) < 4.78 is 29.9. The van der Waals surface area contributed by atoms with Crippen LogP contribution in [0.1, 0.15) is 36.2 Å². The van der Waals surface area contributed by atoms with Gasteiger partial charge in [-0.2, -0.15) is 0 Å². The number of benzene rings is 1. The molecule has 1 unspecified atom stereocenters. The Kier molecular flexibility index (Phi) is 7.42. The van der Waals surface area contributed by atoms with Crippen LogP contribution >= 0.6 is 0 Å². The highest BCUT2D eigenvalue weighted by Gasteiger charge is 2.55. The largest absolute Gasteiger partial charge is 0.384 e. The van der Waals surface area contributed by atoms with Gasteiger partial charge in [-0.05, 0) is 55.7 Å². The maximum absolute atomic E-state index is 14.4. The molecular formula is C26H29F2N7O3. The van der Waals surface area contributed by atoms with Crippen LogP contribution < -0.4 is 16.0 Å². The molecule has 1 aromatic carbocycles. The number of anilines is 2. The van der Waals surface area contributed by atoms with E-state index in [-0.39, 0.29) is 24.2 Å². The molecule has 200 valence electrons. The smallest absolute Gasteiger partial charge is 0.325 e. The number of nitrogens with one attached hydrogen (secondary N) is 1. The number of amides is 4. The standard InChI is InChI=1S/C26H29F2N7O3/c1-5-20(17-13-16(27)6-7-19(17)28)32-26(38)35-22(24(37)34(4)25-30-8-9-33(25)3)18(23(35)36)11-15-10-14(2)31-21(29)12-15/h6-10,12-13,18,20,22H,5,11H2,1-4H3,(H2,29,31)(H,32,38)/t18?,20-,22+/m1/s1. The second-order valence-electron chi connectivity index (χ2n) is 9.32. The molecule has 1 aliphatic rings. The number of aromatic nitrogens is 3. The molecule has 38 heavy (non-hydrogen) atoms. The predicted molar refractivity (Wildman–Crippen MR) is 136 cm³/mol. The summed E-state index contributed by atoms with van der Waals surface area (Å²) >= 11 is 0. The highest BCUT2D eigenvalue weighted by Crippen LogP contribution is 2.33. The van der Waals surface area contributed by atoms with E-state index in [4.69, 9.17) is 5.73 Å². The molecule has 0 spiro atoms. The number of rotatable bonds is 7. The Labute approximate surface area is 218 Å². The number of urea groups is 1. The molecule has 3 atom stereocenters. The number of nitrogens with two attached hydrogens (primary N) is 1. The Morgan fingerprint density at radius 2 is 1.97 bits per heavy atom. The SMILES string of the molecule is CC[C@@H](NC(=O)N1C(=O)C(Cc2cc(C)nc(N)c2)[C@H]1C(=O)N(C)c1nccn1C)c1cc(F)ccc1F. The summed E-state index contributed by atoms with van der Waals surface area (Å²) in [7, 11) is 3.22.